The van der Waals surface area contributed by atoms with Crippen LogP contribution in [0.4, 0.5) is 0 Å². The van der Waals surface area contributed by atoms with Gasteiger partial charge in [0.1, 0.15) is 5.54 Å². The normalized spacial score (nSPS) is 24.4. The van der Waals surface area contributed by atoms with Gasteiger partial charge in [-0.05, 0) is 41.7 Å². The van der Waals surface area contributed by atoms with Crippen LogP contribution in [0.25, 0.3) is 11.1 Å². The van der Waals surface area contributed by atoms with Crippen molar-refractivity contribution in [1.29, 1.82) is 5.26 Å². The van der Waals surface area contributed by atoms with Crippen LogP contribution in [0.15, 0.2) is 53.4 Å². The molecular formula is C25H30N4O5S. The minimum absolute atomic E-state index is 0.218. The molecule has 3 unspecified atom stereocenters. The smallest absolute Gasteiger partial charge is 0.243 e. The molecule has 0 spiro atoms. The number of nitrogens with zero attached hydrogens (tertiary/aromatic N) is 2. The van der Waals surface area contributed by atoms with Gasteiger partial charge in [0.15, 0.2) is 0 Å². The first-order valence-electron chi connectivity index (χ1n) is 11.6. The van der Waals surface area contributed by atoms with Crippen molar-refractivity contribution in [1.82, 2.24) is 4.31 Å². The van der Waals surface area contributed by atoms with E-state index in [0.717, 1.165) is 16.7 Å². The van der Waals surface area contributed by atoms with Crippen molar-refractivity contribution in [3.05, 3.63) is 54.1 Å². The molecule has 0 radical (unpaired) electrons. The number of carbonyl (C=O) groups is 1. The van der Waals surface area contributed by atoms with Gasteiger partial charge >= 0.3 is 0 Å². The molecule has 0 aromatic heterocycles. The molecule has 9 nitrogen and oxygen atoms in total. The molecule has 2 fully saturated rings. The lowest BCUT2D eigenvalue weighted by Gasteiger charge is -2.40. The highest BCUT2D eigenvalue weighted by Crippen LogP contribution is 2.33. The van der Waals surface area contributed by atoms with Crippen LogP contribution in [0, 0.1) is 23.2 Å². The Morgan fingerprint density at radius 1 is 1.06 bits per heavy atom. The number of carbonyl (C=O) groups excluding carboxylic acids is 1. The maximum atomic E-state index is 12.8. The highest BCUT2D eigenvalue weighted by atomic mass is 32.2. The molecule has 2 heterocycles. The van der Waals surface area contributed by atoms with Crippen molar-refractivity contribution in [3.63, 3.8) is 0 Å². The van der Waals surface area contributed by atoms with Gasteiger partial charge in [-0.2, -0.15) is 9.57 Å². The fourth-order valence-electron chi connectivity index (χ4n) is 4.69. The Labute approximate surface area is 205 Å². The van der Waals surface area contributed by atoms with Gasteiger partial charge < -0.3 is 20.9 Å². The summed E-state index contributed by atoms with van der Waals surface area (Å²) >= 11 is 0. The van der Waals surface area contributed by atoms with Crippen molar-refractivity contribution in [2.24, 2.45) is 23.3 Å². The molecule has 2 aliphatic heterocycles. The van der Waals surface area contributed by atoms with Gasteiger partial charge in [-0.1, -0.05) is 36.4 Å². The van der Waals surface area contributed by atoms with Crippen molar-refractivity contribution >= 4 is 15.9 Å². The number of nitriles is 1. The van der Waals surface area contributed by atoms with Gasteiger partial charge in [0.2, 0.25) is 15.9 Å². The predicted molar refractivity (Wildman–Crippen MR) is 129 cm³/mol. The standard InChI is InChI=1S/C25H30N4O5S/c26-16-21(23-17-34-12-9-25(23,28)24(27)30)15-18-1-3-19(4-2-18)20-5-7-22(8-6-20)35(31,32)29-10-13-33-14-11-29/h1-8,21,23H,9-15,17,28H2,(H2,27,30). The summed E-state index contributed by atoms with van der Waals surface area (Å²) < 4.78 is 37.8. The Hall–Kier alpha value is -2.81. The molecule has 10 heteroatoms. The summed E-state index contributed by atoms with van der Waals surface area (Å²) in [5, 5.41) is 9.80. The molecule has 2 saturated heterocycles. The Morgan fingerprint density at radius 3 is 2.23 bits per heavy atom. The number of sulfonamides is 1. The first kappa shape index (κ1) is 25.3. The third-order valence-corrected chi connectivity index (χ3v) is 8.85. The quantitative estimate of drug-likeness (QED) is 0.584. The minimum atomic E-state index is -3.54. The molecular weight excluding hydrogens is 468 g/mol. The molecule has 0 bridgehead atoms. The lowest BCUT2D eigenvalue weighted by molar-refractivity contribution is -0.131. The number of morpholine rings is 1. The molecule has 186 valence electrons. The maximum absolute atomic E-state index is 12.8. The molecule has 3 atom stereocenters. The van der Waals surface area contributed by atoms with Crippen LogP contribution in [0.1, 0.15) is 12.0 Å². The average Bonchev–Trinajstić information content (AvgIpc) is 2.88. The third kappa shape index (κ3) is 5.24. The molecule has 2 aromatic carbocycles. The fraction of sp³-hybridized carbons (Fsp3) is 0.440. The summed E-state index contributed by atoms with van der Waals surface area (Å²) in [6.45, 7) is 2.07. The van der Waals surface area contributed by atoms with Gasteiger partial charge in [-0.3, -0.25) is 4.79 Å². The Balaban J connectivity index is 1.47. The van der Waals surface area contributed by atoms with E-state index in [2.05, 4.69) is 6.07 Å². The van der Waals surface area contributed by atoms with Crippen LogP contribution in [0.2, 0.25) is 0 Å². The average molecular weight is 499 g/mol. The van der Waals surface area contributed by atoms with Crippen LogP contribution in [0.5, 0.6) is 0 Å². The number of hydrogen-bond acceptors (Lipinski definition) is 7. The molecule has 4 N–H and O–H groups in total. The van der Waals surface area contributed by atoms with Crippen LogP contribution in [-0.4, -0.2) is 63.7 Å². The van der Waals surface area contributed by atoms with E-state index in [1.165, 1.54) is 4.31 Å². The van der Waals surface area contributed by atoms with E-state index < -0.39 is 33.3 Å². The fourth-order valence-corrected chi connectivity index (χ4v) is 6.09. The number of rotatable bonds is 7. The number of benzene rings is 2. The van der Waals surface area contributed by atoms with Crippen LogP contribution in [0.3, 0.4) is 0 Å². The lowest BCUT2D eigenvalue weighted by atomic mass is 9.71. The van der Waals surface area contributed by atoms with Crippen molar-refractivity contribution < 1.29 is 22.7 Å². The lowest BCUT2D eigenvalue weighted by Crippen LogP contribution is -2.63. The van der Waals surface area contributed by atoms with Crippen LogP contribution >= 0.6 is 0 Å². The second-order valence-corrected chi connectivity index (χ2v) is 11.0. The number of ether oxygens (including phenoxy) is 2. The van der Waals surface area contributed by atoms with Crippen LogP contribution in [-0.2, 0) is 30.7 Å². The first-order valence-corrected chi connectivity index (χ1v) is 13.0. The Kier molecular flexibility index (Phi) is 7.54. The van der Waals surface area contributed by atoms with Crippen LogP contribution < -0.4 is 11.5 Å². The van der Waals surface area contributed by atoms with Crippen molar-refractivity contribution in [2.75, 3.05) is 39.5 Å². The summed E-state index contributed by atoms with van der Waals surface area (Å²) in [4.78, 5) is 12.3. The largest absolute Gasteiger partial charge is 0.381 e. The summed E-state index contributed by atoms with van der Waals surface area (Å²) in [6, 6.07) is 16.8. The zero-order valence-electron chi connectivity index (χ0n) is 19.4. The van der Waals surface area contributed by atoms with Gasteiger partial charge in [0, 0.05) is 25.6 Å². The zero-order valence-corrected chi connectivity index (χ0v) is 20.2. The molecule has 1 amide bonds. The Morgan fingerprint density at radius 2 is 1.66 bits per heavy atom. The summed E-state index contributed by atoms with van der Waals surface area (Å²) in [5.74, 6) is -1.62. The first-order chi connectivity index (χ1) is 16.8. The van der Waals surface area contributed by atoms with E-state index in [1.807, 2.05) is 24.3 Å². The molecule has 4 rings (SSSR count). The molecule has 0 saturated carbocycles. The summed E-state index contributed by atoms with van der Waals surface area (Å²) in [6.07, 6.45) is 0.704. The second-order valence-electron chi connectivity index (χ2n) is 9.01. The summed E-state index contributed by atoms with van der Waals surface area (Å²) in [7, 11) is -3.54. The van der Waals surface area contributed by atoms with Gasteiger partial charge in [-0.15, -0.1) is 0 Å². The van der Waals surface area contributed by atoms with E-state index in [4.69, 9.17) is 20.9 Å². The van der Waals surface area contributed by atoms with Crippen molar-refractivity contribution in [3.8, 4) is 17.2 Å². The highest BCUT2D eigenvalue weighted by Gasteiger charge is 2.47. The van der Waals surface area contributed by atoms with E-state index >= 15 is 0 Å². The number of amides is 1. The summed E-state index contributed by atoms with van der Waals surface area (Å²) in [5.41, 5.74) is 13.3. The Bertz CT molecular complexity index is 1190. The topological polar surface area (TPSA) is 149 Å². The SMILES string of the molecule is N#CC(Cc1ccc(-c2ccc(S(=O)(=O)N3CCOCC3)cc2)cc1)C1COCCC1(N)C(N)=O. The second kappa shape index (κ2) is 10.4. The molecule has 2 aromatic rings. The predicted octanol–water partition coefficient (Wildman–Crippen LogP) is 1.28. The van der Waals surface area contributed by atoms with Gasteiger partial charge in [-0.25, -0.2) is 8.42 Å². The number of primary amides is 1. The van der Waals surface area contributed by atoms with Crippen molar-refractivity contribution in [2.45, 2.75) is 23.3 Å². The molecule has 0 aliphatic carbocycles. The number of nitrogens with two attached hydrogens (primary N) is 2. The number of hydrogen-bond donors (Lipinski definition) is 2. The monoisotopic (exact) mass is 498 g/mol. The highest BCUT2D eigenvalue weighted by molar-refractivity contribution is 7.89. The molecule has 2 aliphatic rings. The van der Waals surface area contributed by atoms with E-state index in [-0.39, 0.29) is 11.5 Å². The van der Waals surface area contributed by atoms with Gasteiger partial charge in [0.25, 0.3) is 0 Å². The minimum Gasteiger partial charge on any atom is -0.381 e. The maximum Gasteiger partial charge on any atom is 0.243 e. The van der Waals surface area contributed by atoms with E-state index in [1.54, 1.807) is 24.3 Å². The molecule has 35 heavy (non-hydrogen) atoms. The third-order valence-electron chi connectivity index (χ3n) is 6.93. The van der Waals surface area contributed by atoms with E-state index in [9.17, 15) is 18.5 Å². The van der Waals surface area contributed by atoms with E-state index in [0.29, 0.717) is 45.8 Å². The zero-order chi connectivity index (χ0) is 25.1. The van der Waals surface area contributed by atoms with Gasteiger partial charge in [0.05, 0.1) is 36.7 Å².